The Morgan fingerprint density at radius 1 is 1.57 bits per heavy atom. The van der Waals surface area contributed by atoms with Crippen LogP contribution in [0.25, 0.3) is 0 Å². The maximum atomic E-state index is 11.3. The third kappa shape index (κ3) is 1.65. The summed E-state index contributed by atoms with van der Waals surface area (Å²) >= 11 is 0. The minimum Gasteiger partial charge on any atom is -0.481 e. The number of likely N-dealkylation sites (tertiary alicyclic amines) is 1. The number of aliphatic carboxylic acids is 1. The highest BCUT2D eigenvalue weighted by Gasteiger charge is 2.44. The molecular formula is C11H19NO2. The quantitative estimate of drug-likeness (QED) is 0.749. The van der Waals surface area contributed by atoms with E-state index in [1.807, 2.05) is 6.92 Å². The molecule has 1 aliphatic heterocycles. The van der Waals surface area contributed by atoms with Gasteiger partial charge in [0, 0.05) is 12.6 Å². The Labute approximate surface area is 85.1 Å². The number of carboxylic acids is 1. The number of hydrogen-bond donors (Lipinski definition) is 1. The Morgan fingerprint density at radius 2 is 2.29 bits per heavy atom. The second kappa shape index (κ2) is 3.54. The van der Waals surface area contributed by atoms with Crippen molar-refractivity contribution in [2.45, 2.75) is 45.1 Å². The van der Waals surface area contributed by atoms with Gasteiger partial charge >= 0.3 is 5.97 Å². The molecule has 2 fully saturated rings. The fourth-order valence-electron chi connectivity index (χ4n) is 2.53. The largest absolute Gasteiger partial charge is 0.481 e. The Hall–Kier alpha value is -0.570. The van der Waals surface area contributed by atoms with E-state index in [2.05, 4.69) is 4.90 Å². The van der Waals surface area contributed by atoms with E-state index in [1.165, 1.54) is 12.8 Å². The van der Waals surface area contributed by atoms with Crippen LogP contribution in [-0.4, -0.2) is 35.1 Å². The molecule has 1 atom stereocenters. The number of nitrogens with zero attached hydrogens (tertiary/aromatic N) is 1. The summed E-state index contributed by atoms with van der Waals surface area (Å²) in [6, 6.07) is 0.709. The van der Waals surface area contributed by atoms with E-state index in [-0.39, 0.29) is 0 Å². The molecule has 3 nitrogen and oxygen atoms in total. The Balaban J connectivity index is 2.06. The SMILES string of the molecule is CCC1(C(=O)O)CCCN(C2CC2)C1. The van der Waals surface area contributed by atoms with Crippen LogP contribution in [-0.2, 0) is 4.79 Å². The molecule has 1 unspecified atom stereocenters. The standard InChI is InChI=1S/C11H19NO2/c1-2-11(10(13)14)6-3-7-12(8-11)9-4-5-9/h9H,2-8H2,1H3,(H,13,14). The van der Waals surface area contributed by atoms with E-state index >= 15 is 0 Å². The van der Waals surface area contributed by atoms with Crippen LogP contribution in [0.15, 0.2) is 0 Å². The summed E-state index contributed by atoms with van der Waals surface area (Å²) in [5, 5.41) is 9.28. The Morgan fingerprint density at radius 3 is 2.79 bits per heavy atom. The molecule has 80 valence electrons. The number of carboxylic acid groups (broad SMARTS) is 1. The lowest BCUT2D eigenvalue weighted by Crippen LogP contribution is -2.48. The lowest BCUT2D eigenvalue weighted by atomic mass is 9.77. The highest BCUT2D eigenvalue weighted by Crippen LogP contribution is 2.38. The van der Waals surface area contributed by atoms with E-state index in [0.29, 0.717) is 6.04 Å². The Kier molecular flexibility index (Phi) is 2.52. The van der Waals surface area contributed by atoms with Crippen LogP contribution in [0.1, 0.15) is 39.0 Å². The van der Waals surface area contributed by atoms with Gasteiger partial charge in [-0.3, -0.25) is 9.69 Å². The molecule has 2 aliphatic rings. The van der Waals surface area contributed by atoms with Crippen molar-refractivity contribution in [3.8, 4) is 0 Å². The van der Waals surface area contributed by atoms with Crippen molar-refractivity contribution in [3.05, 3.63) is 0 Å². The molecule has 0 aromatic heterocycles. The van der Waals surface area contributed by atoms with Crippen molar-refractivity contribution in [3.63, 3.8) is 0 Å². The van der Waals surface area contributed by atoms with E-state index in [9.17, 15) is 9.90 Å². The van der Waals surface area contributed by atoms with Crippen LogP contribution >= 0.6 is 0 Å². The molecule has 0 aromatic carbocycles. The summed E-state index contributed by atoms with van der Waals surface area (Å²) < 4.78 is 0. The first-order valence-electron chi connectivity index (χ1n) is 5.65. The summed E-state index contributed by atoms with van der Waals surface area (Å²) in [6.45, 7) is 3.90. The van der Waals surface area contributed by atoms with Gasteiger partial charge in [-0.2, -0.15) is 0 Å². The first-order valence-corrected chi connectivity index (χ1v) is 5.65. The van der Waals surface area contributed by atoms with Gasteiger partial charge in [0.15, 0.2) is 0 Å². The van der Waals surface area contributed by atoms with Crippen molar-refractivity contribution in [2.24, 2.45) is 5.41 Å². The lowest BCUT2D eigenvalue weighted by molar-refractivity contribution is -0.153. The van der Waals surface area contributed by atoms with E-state index in [1.54, 1.807) is 0 Å². The monoisotopic (exact) mass is 197 g/mol. The third-order valence-electron chi connectivity index (χ3n) is 3.80. The summed E-state index contributed by atoms with van der Waals surface area (Å²) in [5.74, 6) is -0.592. The predicted octanol–water partition coefficient (Wildman–Crippen LogP) is 1.73. The van der Waals surface area contributed by atoms with Gasteiger partial charge in [-0.1, -0.05) is 6.92 Å². The second-order valence-corrected chi connectivity index (χ2v) is 4.74. The zero-order valence-corrected chi connectivity index (χ0v) is 8.83. The normalized spacial score (nSPS) is 34.4. The highest BCUT2D eigenvalue weighted by atomic mass is 16.4. The molecule has 0 spiro atoms. The molecule has 1 saturated heterocycles. The van der Waals surface area contributed by atoms with E-state index in [4.69, 9.17) is 0 Å². The smallest absolute Gasteiger partial charge is 0.310 e. The van der Waals surface area contributed by atoms with Crippen LogP contribution in [0.4, 0.5) is 0 Å². The van der Waals surface area contributed by atoms with Gasteiger partial charge in [0.2, 0.25) is 0 Å². The molecule has 0 aromatic rings. The van der Waals surface area contributed by atoms with Crippen molar-refractivity contribution in [1.29, 1.82) is 0 Å². The predicted molar refractivity (Wildman–Crippen MR) is 54.2 cm³/mol. The maximum Gasteiger partial charge on any atom is 0.310 e. The summed E-state index contributed by atoms with van der Waals surface area (Å²) in [7, 11) is 0. The first-order chi connectivity index (χ1) is 6.68. The minimum absolute atomic E-state index is 0.444. The molecule has 1 saturated carbocycles. The summed E-state index contributed by atoms with van der Waals surface area (Å²) in [6.07, 6.45) is 5.24. The maximum absolute atomic E-state index is 11.3. The van der Waals surface area contributed by atoms with Gasteiger partial charge in [0.1, 0.15) is 0 Å². The number of rotatable bonds is 3. The van der Waals surface area contributed by atoms with E-state index in [0.717, 1.165) is 32.4 Å². The van der Waals surface area contributed by atoms with Gasteiger partial charge in [0.05, 0.1) is 5.41 Å². The van der Waals surface area contributed by atoms with Crippen LogP contribution < -0.4 is 0 Å². The number of hydrogen-bond acceptors (Lipinski definition) is 2. The third-order valence-corrected chi connectivity index (χ3v) is 3.80. The van der Waals surface area contributed by atoms with Gasteiger partial charge in [-0.05, 0) is 38.6 Å². The lowest BCUT2D eigenvalue weighted by Gasteiger charge is -2.39. The van der Waals surface area contributed by atoms with Crippen LogP contribution in [0, 0.1) is 5.41 Å². The molecule has 0 radical (unpaired) electrons. The molecule has 14 heavy (non-hydrogen) atoms. The van der Waals surface area contributed by atoms with Crippen molar-refractivity contribution in [2.75, 3.05) is 13.1 Å². The number of piperidine rings is 1. The average Bonchev–Trinajstić information content (AvgIpc) is 3.01. The molecule has 1 aliphatic carbocycles. The molecule has 2 rings (SSSR count). The van der Waals surface area contributed by atoms with Crippen molar-refractivity contribution < 1.29 is 9.90 Å². The summed E-state index contributed by atoms with van der Waals surface area (Å²) in [4.78, 5) is 13.7. The van der Waals surface area contributed by atoms with Crippen LogP contribution in [0.5, 0.6) is 0 Å². The van der Waals surface area contributed by atoms with E-state index < -0.39 is 11.4 Å². The fraction of sp³-hybridized carbons (Fsp3) is 0.909. The van der Waals surface area contributed by atoms with Gasteiger partial charge < -0.3 is 5.11 Å². The molecule has 1 heterocycles. The van der Waals surface area contributed by atoms with Crippen LogP contribution in [0.2, 0.25) is 0 Å². The second-order valence-electron chi connectivity index (χ2n) is 4.74. The molecule has 0 amide bonds. The molecule has 1 N–H and O–H groups in total. The minimum atomic E-state index is -0.592. The first kappa shape index (κ1) is 9.97. The van der Waals surface area contributed by atoms with Crippen LogP contribution in [0.3, 0.4) is 0 Å². The van der Waals surface area contributed by atoms with Gasteiger partial charge in [-0.15, -0.1) is 0 Å². The van der Waals surface area contributed by atoms with Gasteiger partial charge in [0.25, 0.3) is 0 Å². The van der Waals surface area contributed by atoms with Crippen molar-refractivity contribution in [1.82, 2.24) is 4.90 Å². The topological polar surface area (TPSA) is 40.5 Å². The summed E-state index contributed by atoms with van der Waals surface area (Å²) in [5.41, 5.74) is -0.444. The molecule has 3 heteroatoms. The Bertz CT molecular complexity index is 237. The number of carbonyl (C=O) groups is 1. The van der Waals surface area contributed by atoms with Gasteiger partial charge in [-0.25, -0.2) is 0 Å². The highest BCUT2D eigenvalue weighted by molar-refractivity contribution is 5.75. The molecular weight excluding hydrogens is 178 g/mol. The zero-order valence-electron chi connectivity index (χ0n) is 8.83. The zero-order chi connectivity index (χ0) is 10.2. The average molecular weight is 197 g/mol. The fourth-order valence-corrected chi connectivity index (χ4v) is 2.53. The van der Waals surface area contributed by atoms with Crippen molar-refractivity contribution >= 4 is 5.97 Å². The molecule has 0 bridgehead atoms.